The number of esters is 1. The van der Waals surface area contributed by atoms with Crippen LogP contribution in [0.25, 0.3) is 6.08 Å². The second-order valence-electron chi connectivity index (χ2n) is 4.41. The normalized spacial score (nSPS) is 11.8. The highest BCUT2D eigenvalue weighted by molar-refractivity contribution is 5.88. The zero-order chi connectivity index (χ0) is 13.9. The molecular formula is C17H22O2. The first-order chi connectivity index (χ1) is 9.27. The summed E-state index contributed by atoms with van der Waals surface area (Å²) in [5, 5.41) is 0. The average molecular weight is 258 g/mol. The van der Waals surface area contributed by atoms with Crippen molar-refractivity contribution in [3.05, 3.63) is 53.6 Å². The van der Waals surface area contributed by atoms with E-state index in [-0.39, 0.29) is 5.97 Å². The molecule has 0 fully saturated rings. The molecule has 102 valence electrons. The molecule has 19 heavy (non-hydrogen) atoms. The molecule has 1 rings (SSSR count). The van der Waals surface area contributed by atoms with E-state index < -0.39 is 0 Å². The van der Waals surface area contributed by atoms with Gasteiger partial charge in [-0.1, -0.05) is 68.3 Å². The van der Waals surface area contributed by atoms with Gasteiger partial charge in [-0.2, -0.15) is 0 Å². The summed E-state index contributed by atoms with van der Waals surface area (Å²) in [7, 11) is 1.43. The topological polar surface area (TPSA) is 26.3 Å². The van der Waals surface area contributed by atoms with E-state index in [1.54, 1.807) is 0 Å². The zero-order valence-electron chi connectivity index (χ0n) is 11.8. The Kier molecular flexibility index (Phi) is 7.33. The number of unbranched alkanes of at least 4 members (excludes halogenated alkanes) is 2. The summed E-state index contributed by atoms with van der Waals surface area (Å²) >= 11 is 0. The lowest BCUT2D eigenvalue weighted by molar-refractivity contribution is -0.136. The molecule has 1 aromatic rings. The van der Waals surface area contributed by atoms with Gasteiger partial charge in [0.2, 0.25) is 0 Å². The fraction of sp³-hybridized carbons (Fsp3) is 0.353. The standard InChI is InChI=1S/C17H22O2/c1-3-4-6-13-16(17(18)19-2)14-9-12-15-10-7-5-8-11-15/h5,7-12,14H,3-4,6,13H2,1-2H3. The van der Waals surface area contributed by atoms with Crippen molar-refractivity contribution in [2.75, 3.05) is 7.11 Å². The van der Waals surface area contributed by atoms with Gasteiger partial charge in [-0.15, -0.1) is 0 Å². The van der Waals surface area contributed by atoms with Crippen molar-refractivity contribution in [2.45, 2.75) is 32.6 Å². The van der Waals surface area contributed by atoms with Crippen LogP contribution in [0.2, 0.25) is 0 Å². The van der Waals surface area contributed by atoms with Gasteiger partial charge in [0, 0.05) is 5.57 Å². The smallest absolute Gasteiger partial charge is 0.333 e. The fourth-order valence-corrected chi connectivity index (χ4v) is 1.79. The van der Waals surface area contributed by atoms with Crippen molar-refractivity contribution in [3.63, 3.8) is 0 Å². The maximum atomic E-state index is 11.6. The van der Waals surface area contributed by atoms with Crippen LogP contribution < -0.4 is 0 Å². The van der Waals surface area contributed by atoms with E-state index in [4.69, 9.17) is 4.74 Å². The zero-order valence-corrected chi connectivity index (χ0v) is 11.8. The van der Waals surface area contributed by atoms with Crippen molar-refractivity contribution in [3.8, 4) is 0 Å². The molecule has 0 aromatic heterocycles. The van der Waals surface area contributed by atoms with Gasteiger partial charge in [0.25, 0.3) is 0 Å². The van der Waals surface area contributed by atoms with Crippen LogP contribution in [0.1, 0.15) is 38.2 Å². The summed E-state index contributed by atoms with van der Waals surface area (Å²) in [6.45, 7) is 2.15. The Hall–Kier alpha value is -1.83. The van der Waals surface area contributed by atoms with Gasteiger partial charge in [0.1, 0.15) is 0 Å². The molecule has 2 heteroatoms. The molecule has 0 radical (unpaired) electrons. The number of benzene rings is 1. The van der Waals surface area contributed by atoms with E-state index in [1.807, 2.05) is 48.6 Å². The van der Waals surface area contributed by atoms with Gasteiger partial charge in [-0.3, -0.25) is 0 Å². The molecular weight excluding hydrogens is 236 g/mol. The van der Waals surface area contributed by atoms with Crippen LogP contribution in [0.4, 0.5) is 0 Å². The third kappa shape index (κ3) is 6.05. The first-order valence-corrected chi connectivity index (χ1v) is 6.78. The van der Waals surface area contributed by atoms with Crippen LogP contribution in [0.3, 0.4) is 0 Å². The molecule has 0 aliphatic rings. The molecule has 0 heterocycles. The minimum absolute atomic E-state index is 0.228. The Morgan fingerprint density at radius 1 is 1.21 bits per heavy atom. The highest BCUT2D eigenvalue weighted by Gasteiger charge is 2.07. The molecule has 0 unspecified atom stereocenters. The number of methoxy groups -OCH3 is 1. The first-order valence-electron chi connectivity index (χ1n) is 6.78. The second-order valence-corrected chi connectivity index (χ2v) is 4.41. The lowest BCUT2D eigenvalue weighted by Crippen LogP contribution is -2.04. The van der Waals surface area contributed by atoms with Gasteiger partial charge in [0.15, 0.2) is 0 Å². The fourth-order valence-electron chi connectivity index (χ4n) is 1.79. The van der Waals surface area contributed by atoms with E-state index in [0.717, 1.165) is 36.8 Å². The van der Waals surface area contributed by atoms with Crippen molar-refractivity contribution >= 4 is 12.0 Å². The SMILES string of the molecule is CCCCCC(=CC=Cc1ccccc1)C(=O)OC. The molecule has 0 saturated carbocycles. The number of rotatable bonds is 7. The minimum Gasteiger partial charge on any atom is -0.466 e. The van der Waals surface area contributed by atoms with E-state index in [2.05, 4.69) is 6.92 Å². The molecule has 0 aliphatic carbocycles. The van der Waals surface area contributed by atoms with Crippen LogP contribution >= 0.6 is 0 Å². The Bertz CT molecular complexity index is 430. The van der Waals surface area contributed by atoms with E-state index >= 15 is 0 Å². The third-order valence-electron chi connectivity index (χ3n) is 2.88. The highest BCUT2D eigenvalue weighted by atomic mass is 16.5. The number of carbonyl (C=O) groups excluding carboxylic acids is 1. The molecule has 1 aromatic carbocycles. The first kappa shape index (κ1) is 15.2. The van der Waals surface area contributed by atoms with Crippen LogP contribution in [0.15, 0.2) is 48.1 Å². The van der Waals surface area contributed by atoms with Crippen LogP contribution in [0, 0.1) is 0 Å². The highest BCUT2D eigenvalue weighted by Crippen LogP contribution is 2.11. The molecule has 0 saturated heterocycles. The van der Waals surface area contributed by atoms with Crippen molar-refractivity contribution in [1.82, 2.24) is 0 Å². The molecule has 0 aliphatic heterocycles. The number of hydrogen-bond acceptors (Lipinski definition) is 2. The summed E-state index contributed by atoms with van der Waals surface area (Å²) in [5.41, 5.74) is 1.86. The largest absolute Gasteiger partial charge is 0.466 e. The number of ether oxygens (including phenoxy) is 1. The summed E-state index contributed by atoms with van der Waals surface area (Å²) < 4.78 is 4.80. The molecule has 0 bridgehead atoms. The second kappa shape index (κ2) is 9.15. The summed E-state index contributed by atoms with van der Waals surface area (Å²) in [6.07, 6.45) is 9.84. The van der Waals surface area contributed by atoms with Gasteiger partial charge in [-0.05, 0) is 18.4 Å². The number of allylic oxidation sites excluding steroid dienone is 2. The molecule has 2 nitrogen and oxygen atoms in total. The monoisotopic (exact) mass is 258 g/mol. The molecule has 0 amide bonds. The number of hydrogen-bond donors (Lipinski definition) is 0. The Balaban J connectivity index is 2.66. The van der Waals surface area contributed by atoms with E-state index in [1.165, 1.54) is 7.11 Å². The van der Waals surface area contributed by atoms with Crippen LogP contribution in [0.5, 0.6) is 0 Å². The van der Waals surface area contributed by atoms with Crippen LogP contribution in [-0.2, 0) is 9.53 Å². The maximum absolute atomic E-state index is 11.6. The van der Waals surface area contributed by atoms with Crippen molar-refractivity contribution in [2.24, 2.45) is 0 Å². The van der Waals surface area contributed by atoms with Crippen molar-refractivity contribution in [1.29, 1.82) is 0 Å². The maximum Gasteiger partial charge on any atom is 0.333 e. The van der Waals surface area contributed by atoms with E-state index in [9.17, 15) is 4.79 Å². The Morgan fingerprint density at radius 2 is 1.95 bits per heavy atom. The molecule has 0 atom stereocenters. The summed E-state index contributed by atoms with van der Waals surface area (Å²) in [6, 6.07) is 10.0. The predicted molar refractivity (Wildman–Crippen MR) is 79.7 cm³/mol. The predicted octanol–water partition coefficient (Wildman–Crippen LogP) is 4.38. The lowest BCUT2D eigenvalue weighted by atomic mass is 10.1. The van der Waals surface area contributed by atoms with Gasteiger partial charge < -0.3 is 4.74 Å². The van der Waals surface area contributed by atoms with Crippen molar-refractivity contribution < 1.29 is 9.53 Å². The van der Waals surface area contributed by atoms with Gasteiger partial charge in [0.05, 0.1) is 7.11 Å². The minimum atomic E-state index is -0.228. The molecule has 0 N–H and O–H groups in total. The van der Waals surface area contributed by atoms with Gasteiger partial charge in [-0.25, -0.2) is 4.79 Å². The summed E-state index contributed by atoms with van der Waals surface area (Å²) in [4.78, 5) is 11.6. The molecule has 0 spiro atoms. The summed E-state index contributed by atoms with van der Waals surface area (Å²) in [5.74, 6) is -0.228. The Labute approximate surface area is 115 Å². The third-order valence-corrected chi connectivity index (χ3v) is 2.88. The van der Waals surface area contributed by atoms with Crippen LogP contribution in [-0.4, -0.2) is 13.1 Å². The number of carbonyl (C=O) groups is 1. The lowest BCUT2D eigenvalue weighted by Gasteiger charge is -2.03. The Morgan fingerprint density at radius 3 is 2.58 bits per heavy atom. The quantitative estimate of drug-likeness (QED) is 0.314. The van der Waals surface area contributed by atoms with Gasteiger partial charge >= 0.3 is 5.97 Å². The van der Waals surface area contributed by atoms with E-state index in [0.29, 0.717) is 0 Å². The average Bonchev–Trinajstić information content (AvgIpc) is 2.46.